The molecule has 0 radical (unpaired) electrons. The normalized spacial score (nSPS) is 18.2. The van der Waals surface area contributed by atoms with Crippen LogP contribution < -0.4 is 20.1 Å². The van der Waals surface area contributed by atoms with Crippen LogP contribution in [0.15, 0.2) is 28.6 Å². The van der Waals surface area contributed by atoms with Crippen LogP contribution in [-0.4, -0.2) is 46.5 Å². The molecule has 1 saturated carbocycles. The fraction of sp³-hybridized carbons (Fsp3) is 0.375. The first kappa shape index (κ1) is 17.1. The Labute approximate surface area is 157 Å². The number of benzene rings is 1. The summed E-state index contributed by atoms with van der Waals surface area (Å²) in [5.74, 6) is 0.233. The maximum Gasteiger partial charge on any atom is 0.271 e. The number of fused-ring (bicyclic) bond motifs is 1. The van der Waals surface area contributed by atoms with Crippen LogP contribution in [0, 0.1) is 0 Å². The van der Waals surface area contributed by atoms with Crippen molar-refractivity contribution in [3.05, 3.63) is 24.3 Å². The van der Waals surface area contributed by atoms with Gasteiger partial charge < -0.3 is 14.8 Å². The lowest BCUT2D eigenvalue weighted by Crippen LogP contribution is -2.46. The van der Waals surface area contributed by atoms with Crippen molar-refractivity contribution in [1.82, 2.24) is 15.5 Å². The second-order valence-electron chi connectivity index (χ2n) is 5.86. The Morgan fingerprint density at radius 3 is 2.85 bits per heavy atom. The number of imide groups is 1. The monoisotopic (exact) mass is 392 g/mol. The molecule has 1 aliphatic carbocycles. The number of rotatable bonds is 6. The number of nitrogens with one attached hydrogen (secondary N) is 2. The molecule has 1 aliphatic heterocycles. The van der Waals surface area contributed by atoms with E-state index in [-0.39, 0.29) is 12.4 Å². The van der Waals surface area contributed by atoms with Crippen molar-refractivity contribution in [2.24, 2.45) is 0 Å². The maximum atomic E-state index is 12.2. The number of aromatic nitrogens is 2. The van der Waals surface area contributed by atoms with Crippen LogP contribution in [0.2, 0.25) is 0 Å². The fourth-order valence-electron chi connectivity index (χ4n) is 2.26. The number of hydrogen-bond donors (Lipinski definition) is 2. The molecule has 2 amide bonds. The van der Waals surface area contributed by atoms with Gasteiger partial charge in [0.05, 0.1) is 5.75 Å². The first-order valence-corrected chi connectivity index (χ1v) is 9.92. The van der Waals surface area contributed by atoms with Crippen LogP contribution in [0.4, 0.5) is 5.13 Å². The minimum absolute atomic E-state index is 0.0653. The second kappa shape index (κ2) is 7.50. The zero-order chi connectivity index (χ0) is 17.9. The summed E-state index contributed by atoms with van der Waals surface area (Å²) in [6.45, 7) is 0.0653. The predicted molar refractivity (Wildman–Crippen MR) is 96.8 cm³/mol. The van der Waals surface area contributed by atoms with E-state index in [1.807, 2.05) is 6.07 Å². The smallest absolute Gasteiger partial charge is 0.271 e. The lowest BCUT2D eigenvalue weighted by Gasteiger charge is -2.25. The third-order valence-electron chi connectivity index (χ3n) is 3.70. The Morgan fingerprint density at radius 2 is 2.04 bits per heavy atom. The van der Waals surface area contributed by atoms with E-state index in [0.29, 0.717) is 21.9 Å². The number of thioether (sulfide) groups is 1. The molecule has 10 heteroatoms. The lowest BCUT2D eigenvalue weighted by molar-refractivity contribution is -0.135. The molecular weight excluding hydrogens is 376 g/mol. The molecule has 2 heterocycles. The molecule has 26 heavy (non-hydrogen) atoms. The van der Waals surface area contributed by atoms with E-state index in [9.17, 15) is 9.59 Å². The maximum absolute atomic E-state index is 12.2. The predicted octanol–water partition coefficient (Wildman–Crippen LogP) is 1.69. The molecule has 1 fully saturated rings. The molecule has 1 aromatic heterocycles. The Hall–Kier alpha value is -2.33. The largest absolute Gasteiger partial charge is 0.485 e. The minimum atomic E-state index is -0.852. The van der Waals surface area contributed by atoms with Gasteiger partial charge in [-0.3, -0.25) is 14.9 Å². The van der Waals surface area contributed by atoms with Gasteiger partial charge in [-0.15, -0.1) is 10.2 Å². The summed E-state index contributed by atoms with van der Waals surface area (Å²) >= 11 is 2.65. The second-order valence-corrected chi connectivity index (χ2v) is 8.06. The highest BCUT2D eigenvalue weighted by atomic mass is 32.2. The first-order chi connectivity index (χ1) is 12.7. The molecule has 4 rings (SSSR count). The first-order valence-electron chi connectivity index (χ1n) is 8.12. The van der Waals surface area contributed by atoms with Gasteiger partial charge in [-0.05, 0) is 25.0 Å². The molecule has 0 spiro atoms. The molecule has 8 nitrogen and oxygen atoms in total. The van der Waals surface area contributed by atoms with E-state index in [2.05, 4.69) is 20.8 Å². The van der Waals surface area contributed by atoms with Crippen LogP contribution >= 0.6 is 23.1 Å². The average Bonchev–Trinajstić information content (AvgIpc) is 3.35. The van der Waals surface area contributed by atoms with Gasteiger partial charge >= 0.3 is 0 Å². The quantitative estimate of drug-likeness (QED) is 0.716. The van der Waals surface area contributed by atoms with E-state index in [0.717, 1.165) is 18.0 Å². The third kappa shape index (κ3) is 4.25. The van der Waals surface area contributed by atoms with Crippen molar-refractivity contribution in [2.75, 3.05) is 17.7 Å². The van der Waals surface area contributed by atoms with Crippen molar-refractivity contribution < 1.29 is 19.1 Å². The number of hydrogen-bond acceptors (Lipinski definition) is 9. The van der Waals surface area contributed by atoms with Gasteiger partial charge in [0.2, 0.25) is 17.1 Å². The Morgan fingerprint density at radius 1 is 1.23 bits per heavy atom. The summed E-state index contributed by atoms with van der Waals surface area (Å²) in [6, 6.07) is 7.60. The van der Waals surface area contributed by atoms with E-state index in [4.69, 9.17) is 9.47 Å². The Bertz CT molecular complexity index is 824. The van der Waals surface area contributed by atoms with Crippen LogP contribution in [0.3, 0.4) is 0 Å². The van der Waals surface area contributed by atoms with Crippen molar-refractivity contribution in [2.45, 2.75) is 29.3 Å². The number of ether oxygens (including phenoxy) is 2. The molecule has 2 aliphatic rings. The highest BCUT2D eigenvalue weighted by Crippen LogP contribution is 2.31. The van der Waals surface area contributed by atoms with Crippen molar-refractivity contribution in [3.63, 3.8) is 0 Å². The number of carbonyl (C=O) groups is 2. The van der Waals surface area contributed by atoms with E-state index >= 15 is 0 Å². The zero-order valence-corrected chi connectivity index (χ0v) is 15.3. The van der Waals surface area contributed by atoms with Gasteiger partial charge in [-0.25, -0.2) is 0 Å². The van der Waals surface area contributed by atoms with Gasteiger partial charge in [0, 0.05) is 6.04 Å². The molecule has 2 N–H and O–H groups in total. The van der Waals surface area contributed by atoms with E-state index < -0.39 is 17.9 Å². The fourth-order valence-corrected chi connectivity index (χ4v) is 3.89. The lowest BCUT2D eigenvalue weighted by atomic mass is 10.2. The van der Waals surface area contributed by atoms with Gasteiger partial charge in [0.1, 0.15) is 6.61 Å². The molecule has 1 atom stereocenters. The van der Waals surface area contributed by atoms with Crippen LogP contribution in [-0.2, 0) is 9.59 Å². The molecule has 1 aromatic carbocycles. The van der Waals surface area contributed by atoms with Crippen LogP contribution in [0.5, 0.6) is 11.5 Å². The van der Waals surface area contributed by atoms with Gasteiger partial charge in [0.15, 0.2) is 15.8 Å². The standard InChI is InChI=1S/C16H16N4O4S2/c21-13(8-25-16-20-19-15(26-16)17-9-5-6-9)18-14(22)12-7-23-10-3-1-2-4-11(10)24-12/h1-4,9,12H,5-8H2,(H,17,19)(H,18,21,22)/t12-/m0/s1. The number of nitrogens with zero attached hydrogens (tertiary/aromatic N) is 2. The average molecular weight is 392 g/mol. The number of anilines is 1. The topological polar surface area (TPSA) is 102 Å². The highest BCUT2D eigenvalue weighted by Gasteiger charge is 2.28. The molecule has 136 valence electrons. The van der Waals surface area contributed by atoms with Gasteiger partial charge in [-0.1, -0.05) is 35.2 Å². The van der Waals surface area contributed by atoms with Crippen molar-refractivity contribution >= 4 is 40.0 Å². The third-order valence-corrected chi connectivity index (χ3v) is 5.69. The minimum Gasteiger partial charge on any atom is -0.485 e. The summed E-state index contributed by atoms with van der Waals surface area (Å²) in [5, 5.41) is 14.4. The van der Waals surface area contributed by atoms with E-state index in [1.165, 1.54) is 23.1 Å². The molecule has 0 saturated heterocycles. The summed E-state index contributed by atoms with van der Waals surface area (Å²) in [5.41, 5.74) is 0. The number of carbonyl (C=O) groups excluding carboxylic acids is 2. The summed E-state index contributed by atoms with van der Waals surface area (Å²) < 4.78 is 11.7. The summed E-state index contributed by atoms with van der Waals surface area (Å²) in [7, 11) is 0. The van der Waals surface area contributed by atoms with Crippen LogP contribution in [0.1, 0.15) is 12.8 Å². The summed E-state index contributed by atoms with van der Waals surface area (Å²) in [6.07, 6.45) is 1.46. The number of para-hydroxylation sites is 2. The van der Waals surface area contributed by atoms with Crippen LogP contribution in [0.25, 0.3) is 0 Å². The van der Waals surface area contributed by atoms with Gasteiger partial charge in [0.25, 0.3) is 5.91 Å². The van der Waals surface area contributed by atoms with Crippen molar-refractivity contribution in [3.8, 4) is 11.5 Å². The van der Waals surface area contributed by atoms with E-state index in [1.54, 1.807) is 18.2 Å². The zero-order valence-electron chi connectivity index (χ0n) is 13.6. The molecule has 0 bridgehead atoms. The van der Waals surface area contributed by atoms with Gasteiger partial charge in [-0.2, -0.15) is 0 Å². The number of amides is 2. The van der Waals surface area contributed by atoms with Crippen molar-refractivity contribution in [1.29, 1.82) is 0 Å². The summed E-state index contributed by atoms with van der Waals surface area (Å²) in [4.78, 5) is 24.2. The highest BCUT2D eigenvalue weighted by molar-refractivity contribution is 8.01. The molecule has 0 unspecified atom stereocenters. The molecular formula is C16H16N4O4S2. The molecule has 2 aromatic rings. The SMILES string of the molecule is O=C(CSc1nnc(NC2CC2)s1)NC(=O)[C@@H]1COc2ccccc2O1. The Balaban J connectivity index is 1.24. The Kier molecular flexibility index (Phi) is 4.93.